The number of benzene rings is 2. The van der Waals surface area contributed by atoms with Gasteiger partial charge in [-0.3, -0.25) is 5.10 Å². The first-order valence-electron chi connectivity index (χ1n) is 7.96. The van der Waals surface area contributed by atoms with Crippen molar-refractivity contribution in [3.8, 4) is 11.4 Å². The van der Waals surface area contributed by atoms with E-state index >= 15 is 0 Å². The largest absolute Gasteiger partial charge is 0.361 e. The minimum absolute atomic E-state index is 0.686. The number of aromatic amines is 2. The molecule has 6 heteroatoms. The summed E-state index contributed by atoms with van der Waals surface area (Å²) >= 11 is 0. The molecule has 0 fully saturated rings. The number of hydrogen-bond acceptors (Lipinski definition) is 4. The highest BCUT2D eigenvalue weighted by Gasteiger charge is 2.06. The summed E-state index contributed by atoms with van der Waals surface area (Å²) in [7, 11) is 0. The van der Waals surface area contributed by atoms with Crippen molar-refractivity contribution in [3.05, 3.63) is 67.1 Å². The van der Waals surface area contributed by atoms with Gasteiger partial charge in [0, 0.05) is 34.5 Å². The molecule has 0 bridgehead atoms. The van der Waals surface area contributed by atoms with E-state index in [0.29, 0.717) is 5.82 Å². The lowest BCUT2D eigenvalue weighted by Crippen LogP contribution is -1.96. The molecule has 3 heterocycles. The molecule has 3 N–H and O–H groups in total. The zero-order chi connectivity index (χ0) is 16.6. The maximum absolute atomic E-state index is 4.64. The summed E-state index contributed by atoms with van der Waals surface area (Å²) in [4.78, 5) is 12.3. The molecule has 3 aromatic heterocycles. The van der Waals surface area contributed by atoms with Crippen molar-refractivity contribution in [3.63, 3.8) is 0 Å². The van der Waals surface area contributed by atoms with Crippen LogP contribution in [0.1, 0.15) is 0 Å². The van der Waals surface area contributed by atoms with Crippen LogP contribution in [0.2, 0.25) is 0 Å². The number of aromatic nitrogens is 5. The van der Waals surface area contributed by atoms with Gasteiger partial charge in [0.15, 0.2) is 5.82 Å². The van der Waals surface area contributed by atoms with Crippen molar-refractivity contribution >= 4 is 33.3 Å². The van der Waals surface area contributed by atoms with Gasteiger partial charge in [-0.25, -0.2) is 9.97 Å². The predicted octanol–water partition coefficient (Wildman–Crippen LogP) is 4.24. The van der Waals surface area contributed by atoms with E-state index in [2.05, 4.69) is 42.6 Å². The van der Waals surface area contributed by atoms with Crippen molar-refractivity contribution in [2.45, 2.75) is 0 Å². The molecule has 5 rings (SSSR count). The van der Waals surface area contributed by atoms with Crippen LogP contribution in [-0.4, -0.2) is 25.1 Å². The van der Waals surface area contributed by atoms with E-state index in [9.17, 15) is 0 Å². The predicted molar refractivity (Wildman–Crippen MR) is 98.7 cm³/mol. The number of nitrogens with one attached hydrogen (secondary N) is 3. The summed E-state index contributed by atoms with van der Waals surface area (Å²) in [5, 5.41) is 12.5. The van der Waals surface area contributed by atoms with Crippen LogP contribution in [0.4, 0.5) is 11.5 Å². The Bertz CT molecular complexity index is 1190. The van der Waals surface area contributed by atoms with E-state index in [4.69, 9.17) is 0 Å². The summed E-state index contributed by atoms with van der Waals surface area (Å²) in [6, 6.07) is 16.1. The highest BCUT2D eigenvalue weighted by molar-refractivity contribution is 5.84. The zero-order valence-electron chi connectivity index (χ0n) is 13.2. The minimum Gasteiger partial charge on any atom is -0.361 e. The SMILES string of the molecule is c1cc(Nc2ccc3[nH]ncc3c2)nc(-c2ccc3cc[nH]c3c2)n1. The van der Waals surface area contributed by atoms with Gasteiger partial charge in [-0.1, -0.05) is 12.1 Å². The third-order valence-corrected chi connectivity index (χ3v) is 4.18. The quantitative estimate of drug-likeness (QED) is 0.463. The van der Waals surface area contributed by atoms with Crippen molar-refractivity contribution in [2.75, 3.05) is 5.32 Å². The fraction of sp³-hybridized carbons (Fsp3) is 0. The number of fused-ring (bicyclic) bond motifs is 2. The number of hydrogen-bond donors (Lipinski definition) is 3. The molecule has 0 aliphatic carbocycles. The van der Waals surface area contributed by atoms with E-state index in [1.54, 1.807) is 12.4 Å². The fourth-order valence-electron chi connectivity index (χ4n) is 2.92. The van der Waals surface area contributed by atoms with Crippen molar-refractivity contribution in [1.82, 2.24) is 25.1 Å². The Balaban J connectivity index is 1.49. The summed E-state index contributed by atoms with van der Waals surface area (Å²) in [6.07, 6.45) is 5.50. The molecule has 5 aromatic rings. The molecule has 0 amide bonds. The van der Waals surface area contributed by atoms with Gasteiger partial charge in [-0.15, -0.1) is 0 Å². The highest BCUT2D eigenvalue weighted by atomic mass is 15.1. The first-order valence-corrected chi connectivity index (χ1v) is 7.96. The van der Waals surface area contributed by atoms with Gasteiger partial charge < -0.3 is 10.3 Å². The van der Waals surface area contributed by atoms with Crippen LogP contribution in [0.25, 0.3) is 33.2 Å². The number of anilines is 2. The monoisotopic (exact) mass is 326 g/mol. The minimum atomic E-state index is 0.686. The van der Waals surface area contributed by atoms with Gasteiger partial charge >= 0.3 is 0 Å². The molecular weight excluding hydrogens is 312 g/mol. The van der Waals surface area contributed by atoms with Crippen molar-refractivity contribution in [1.29, 1.82) is 0 Å². The maximum Gasteiger partial charge on any atom is 0.161 e. The van der Waals surface area contributed by atoms with Gasteiger partial charge in [0.05, 0.1) is 11.7 Å². The van der Waals surface area contributed by atoms with Crippen LogP contribution in [0.5, 0.6) is 0 Å². The maximum atomic E-state index is 4.64. The van der Waals surface area contributed by atoms with Gasteiger partial charge in [0.1, 0.15) is 5.82 Å². The normalized spacial score (nSPS) is 11.2. The molecule has 0 radical (unpaired) electrons. The smallest absolute Gasteiger partial charge is 0.161 e. The van der Waals surface area contributed by atoms with Crippen LogP contribution in [0.15, 0.2) is 67.1 Å². The topological polar surface area (TPSA) is 82.3 Å². The van der Waals surface area contributed by atoms with Gasteiger partial charge in [0.2, 0.25) is 0 Å². The molecule has 0 spiro atoms. The molecule has 0 atom stereocenters. The summed E-state index contributed by atoms with van der Waals surface area (Å²) in [5.41, 5.74) is 4.01. The highest BCUT2D eigenvalue weighted by Crippen LogP contribution is 2.24. The van der Waals surface area contributed by atoms with Crippen LogP contribution < -0.4 is 5.32 Å². The fourth-order valence-corrected chi connectivity index (χ4v) is 2.92. The average molecular weight is 326 g/mol. The Morgan fingerprint density at radius 2 is 1.88 bits per heavy atom. The van der Waals surface area contributed by atoms with E-state index in [1.165, 1.54) is 5.39 Å². The van der Waals surface area contributed by atoms with Gasteiger partial charge in [-0.2, -0.15) is 5.10 Å². The Morgan fingerprint density at radius 3 is 2.88 bits per heavy atom. The molecule has 25 heavy (non-hydrogen) atoms. The second kappa shape index (κ2) is 5.45. The first kappa shape index (κ1) is 13.7. The Hall–Kier alpha value is -3.67. The third-order valence-electron chi connectivity index (χ3n) is 4.18. The molecule has 0 aliphatic heterocycles. The van der Waals surface area contributed by atoms with Crippen LogP contribution >= 0.6 is 0 Å². The summed E-state index contributed by atoms with van der Waals surface area (Å²) in [5.74, 6) is 1.44. The van der Waals surface area contributed by atoms with Crippen LogP contribution in [-0.2, 0) is 0 Å². The zero-order valence-corrected chi connectivity index (χ0v) is 13.2. The van der Waals surface area contributed by atoms with E-state index < -0.39 is 0 Å². The molecular formula is C19H14N6. The number of H-pyrrole nitrogens is 2. The summed E-state index contributed by atoms with van der Waals surface area (Å²) in [6.45, 7) is 0. The lowest BCUT2D eigenvalue weighted by molar-refractivity contribution is 1.12. The van der Waals surface area contributed by atoms with E-state index in [1.807, 2.05) is 42.6 Å². The van der Waals surface area contributed by atoms with Crippen molar-refractivity contribution < 1.29 is 0 Å². The van der Waals surface area contributed by atoms with E-state index in [-0.39, 0.29) is 0 Å². The standard InChI is InChI=1S/C19H14N6/c1-2-13(10-17-12(1)5-7-20-17)19-21-8-6-18(24-19)23-15-3-4-16-14(9-15)11-22-25-16/h1-11,20H,(H,22,25)(H,21,23,24). The lowest BCUT2D eigenvalue weighted by Gasteiger charge is -2.07. The average Bonchev–Trinajstić information content (AvgIpc) is 3.30. The van der Waals surface area contributed by atoms with Crippen molar-refractivity contribution in [2.24, 2.45) is 0 Å². The third kappa shape index (κ3) is 2.49. The second-order valence-electron chi connectivity index (χ2n) is 5.84. The Labute approximate surface area is 143 Å². The van der Waals surface area contributed by atoms with Crippen LogP contribution in [0, 0.1) is 0 Å². The molecule has 6 nitrogen and oxygen atoms in total. The molecule has 0 saturated heterocycles. The van der Waals surface area contributed by atoms with Gasteiger partial charge in [-0.05, 0) is 41.8 Å². The molecule has 0 saturated carbocycles. The summed E-state index contributed by atoms with van der Waals surface area (Å²) < 4.78 is 0. The van der Waals surface area contributed by atoms with Crippen LogP contribution in [0.3, 0.4) is 0 Å². The molecule has 0 aliphatic rings. The molecule has 0 unspecified atom stereocenters. The van der Waals surface area contributed by atoms with E-state index in [0.717, 1.165) is 33.5 Å². The lowest BCUT2D eigenvalue weighted by atomic mass is 10.1. The van der Waals surface area contributed by atoms with Gasteiger partial charge in [0.25, 0.3) is 0 Å². The second-order valence-corrected chi connectivity index (χ2v) is 5.84. The first-order chi connectivity index (χ1) is 12.3. The molecule has 120 valence electrons. The molecule has 2 aromatic carbocycles. The Kier molecular flexibility index (Phi) is 3.00. The number of nitrogens with zero attached hydrogens (tertiary/aromatic N) is 3. The Morgan fingerprint density at radius 1 is 0.880 bits per heavy atom. The number of rotatable bonds is 3.